The van der Waals surface area contributed by atoms with Gasteiger partial charge in [0.15, 0.2) is 8.32 Å². The first-order valence-corrected chi connectivity index (χ1v) is 8.33. The Morgan fingerprint density at radius 1 is 1.21 bits per heavy atom. The highest BCUT2D eigenvalue weighted by Crippen LogP contribution is 2.37. The normalized spacial score (nSPS) is 18.0. The fourth-order valence-corrected chi connectivity index (χ4v) is 2.66. The Morgan fingerprint density at radius 3 is 1.93 bits per heavy atom. The molecule has 0 unspecified atom stereocenters. The first-order chi connectivity index (χ1) is 6.06. The second-order valence-electron chi connectivity index (χ2n) is 5.77. The topological polar surface area (TPSA) is 29.5 Å². The Morgan fingerprint density at radius 2 is 1.64 bits per heavy atom. The van der Waals surface area contributed by atoms with Crippen LogP contribution < -0.4 is 0 Å². The molecule has 0 heterocycles. The van der Waals surface area contributed by atoms with Gasteiger partial charge in [0.1, 0.15) is 0 Å². The Labute approximate surface area is 89.8 Å². The van der Waals surface area contributed by atoms with Gasteiger partial charge >= 0.3 is 0 Å². The van der Waals surface area contributed by atoms with E-state index in [1.165, 1.54) is 0 Å². The van der Waals surface area contributed by atoms with E-state index < -0.39 is 8.32 Å². The van der Waals surface area contributed by atoms with Crippen LogP contribution in [-0.4, -0.2) is 25.6 Å². The summed E-state index contributed by atoms with van der Waals surface area (Å²) in [4.78, 5) is 0. The molecule has 0 spiro atoms. The monoisotopic (exact) mass is 218 g/mol. The largest absolute Gasteiger partial charge is 0.414 e. The lowest BCUT2D eigenvalue weighted by Crippen LogP contribution is -2.43. The van der Waals surface area contributed by atoms with Crippen LogP contribution in [0.3, 0.4) is 0 Å². The zero-order valence-corrected chi connectivity index (χ0v) is 11.7. The Bertz CT molecular complexity index is 171. The van der Waals surface area contributed by atoms with Gasteiger partial charge in [0, 0.05) is 6.10 Å². The molecule has 0 aromatic carbocycles. The van der Waals surface area contributed by atoms with Gasteiger partial charge in [-0.15, -0.1) is 0 Å². The van der Waals surface area contributed by atoms with Gasteiger partial charge in [-0.3, -0.25) is 0 Å². The molecule has 3 heteroatoms. The lowest BCUT2D eigenvalue weighted by atomic mass is 10.2. The second-order valence-corrected chi connectivity index (χ2v) is 10.5. The smallest absolute Gasteiger partial charge is 0.192 e. The molecule has 0 saturated heterocycles. The summed E-state index contributed by atoms with van der Waals surface area (Å²) < 4.78 is 6.09. The number of hydrogen-bond donors (Lipinski definition) is 1. The molecule has 2 atom stereocenters. The molecule has 0 aliphatic rings. The van der Waals surface area contributed by atoms with Gasteiger partial charge in [0.25, 0.3) is 0 Å². The van der Waals surface area contributed by atoms with Gasteiger partial charge in [0.2, 0.25) is 0 Å². The fourth-order valence-electron chi connectivity index (χ4n) is 1.21. The van der Waals surface area contributed by atoms with E-state index >= 15 is 0 Å². The molecule has 0 aromatic heterocycles. The summed E-state index contributed by atoms with van der Waals surface area (Å²) in [7, 11) is -1.65. The van der Waals surface area contributed by atoms with Gasteiger partial charge in [-0.2, -0.15) is 0 Å². The lowest BCUT2D eigenvalue weighted by molar-refractivity contribution is 0.107. The molecule has 0 rings (SSSR count). The summed E-state index contributed by atoms with van der Waals surface area (Å²) in [5.74, 6) is 0. The molecule has 0 aromatic rings. The Balaban J connectivity index is 4.22. The van der Waals surface area contributed by atoms with E-state index in [1.54, 1.807) is 0 Å². The number of aliphatic hydroxyl groups is 1. The van der Waals surface area contributed by atoms with E-state index in [-0.39, 0.29) is 17.2 Å². The van der Waals surface area contributed by atoms with Crippen molar-refractivity contribution < 1.29 is 9.53 Å². The van der Waals surface area contributed by atoms with Crippen molar-refractivity contribution in [3.8, 4) is 0 Å². The molecular formula is C11H26O2Si. The highest BCUT2D eigenvalue weighted by atomic mass is 28.4. The van der Waals surface area contributed by atoms with Crippen LogP contribution in [-0.2, 0) is 4.43 Å². The highest BCUT2D eigenvalue weighted by Gasteiger charge is 2.38. The zero-order valence-electron chi connectivity index (χ0n) is 10.7. The van der Waals surface area contributed by atoms with Crippen LogP contribution in [0.15, 0.2) is 0 Å². The van der Waals surface area contributed by atoms with Crippen molar-refractivity contribution in [1.82, 2.24) is 0 Å². The summed E-state index contributed by atoms with van der Waals surface area (Å²) >= 11 is 0. The van der Waals surface area contributed by atoms with Crippen LogP contribution in [0.1, 0.15) is 41.0 Å². The number of aliphatic hydroxyl groups excluding tert-OH is 1. The van der Waals surface area contributed by atoms with Crippen LogP contribution >= 0.6 is 0 Å². The van der Waals surface area contributed by atoms with Crippen molar-refractivity contribution in [3.63, 3.8) is 0 Å². The fraction of sp³-hybridized carbons (Fsp3) is 1.00. The third kappa shape index (κ3) is 4.58. The molecule has 0 fully saturated rings. The molecule has 0 aliphatic heterocycles. The average Bonchev–Trinajstić information content (AvgIpc) is 1.79. The molecule has 0 amide bonds. The minimum atomic E-state index is -1.65. The van der Waals surface area contributed by atoms with E-state index in [1.807, 2.05) is 13.8 Å². The number of rotatable bonds is 4. The molecule has 0 radical (unpaired) electrons. The standard InChI is InChI=1S/C11H26O2Si/c1-9(12)8-10(2)13-14(6,7)11(3,4)5/h9-10,12H,8H2,1-7H3/t9-,10-/m0/s1. The van der Waals surface area contributed by atoms with Crippen molar-refractivity contribution in [2.45, 2.75) is 71.4 Å². The van der Waals surface area contributed by atoms with E-state index in [0.717, 1.165) is 6.42 Å². The van der Waals surface area contributed by atoms with Crippen molar-refractivity contribution in [2.75, 3.05) is 0 Å². The minimum Gasteiger partial charge on any atom is -0.414 e. The van der Waals surface area contributed by atoms with Crippen LogP contribution in [0.25, 0.3) is 0 Å². The third-order valence-electron chi connectivity index (χ3n) is 2.98. The van der Waals surface area contributed by atoms with Gasteiger partial charge in [-0.1, -0.05) is 20.8 Å². The molecule has 1 N–H and O–H groups in total. The first-order valence-electron chi connectivity index (χ1n) is 5.42. The molecule has 14 heavy (non-hydrogen) atoms. The highest BCUT2D eigenvalue weighted by molar-refractivity contribution is 6.74. The van der Waals surface area contributed by atoms with Crippen LogP contribution in [0, 0.1) is 0 Å². The third-order valence-corrected chi connectivity index (χ3v) is 7.58. The van der Waals surface area contributed by atoms with Crippen molar-refractivity contribution >= 4 is 8.32 Å². The van der Waals surface area contributed by atoms with Gasteiger partial charge in [0.05, 0.1) is 6.10 Å². The molecular weight excluding hydrogens is 192 g/mol. The van der Waals surface area contributed by atoms with Crippen molar-refractivity contribution in [3.05, 3.63) is 0 Å². The summed E-state index contributed by atoms with van der Waals surface area (Å²) in [5, 5.41) is 9.51. The van der Waals surface area contributed by atoms with E-state index in [4.69, 9.17) is 4.43 Å². The van der Waals surface area contributed by atoms with E-state index in [9.17, 15) is 5.11 Å². The SMILES string of the molecule is C[C@H](O)C[C@H](C)O[Si](C)(C)C(C)(C)C. The molecule has 2 nitrogen and oxygen atoms in total. The van der Waals surface area contributed by atoms with Gasteiger partial charge in [-0.25, -0.2) is 0 Å². The quantitative estimate of drug-likeness (QED) is 0.734. The van der Waals surface area contributed by atoms with E-state index in [2.05, 4.69) is 33.9 Å². The Kier molecular flexibility index (Phi) is 4.82. The van der Waals surface area contributed by atoms with Crippen molar-refractivity contribution in [1.29, 1.82) is 0 Å². The second kappa shape index (κ2) is 4.77. The average molecular weight is 218 g/mol. The Hall–Kier alpha value is 0.137. The zero-order chi connectivity index (χ0) is 11.6. The summed E-state index contributed by atoms with van der Waals surface area (Å²) in [6, 6.07) is 0. The molecule has 0 saturated carbocycles. The predicted octanol–water partition coefficient (Wildman–Crippen LogP) is 3.17. The van der Waals surface area contributed by atoms with Crippen LogP contribution in [0.4, 0.5) is 0 Å². The maximum atomic E-state index is 9.26. The molecule has 0 bridgehead atoms. The molecule has 86 valence electrons. The molecule has 0 aliphatic carbocycles. The van der Waals surface area contributed by atoms with Gasteiger partial charge in [-0.05, 0) is 38.4 Å². The van der Waals surface area contributed by atoms with Crippen molar-refractivity contribution in [2.24, 2.45) is 0 Å². The minimum absolute atomic E-state index is 0.163. The number of hydrogen-bond acceptors (Lipinski definition) is 2. The van der Waals surface area contributed by atoms with Crippen LogP contribution in [0.5, 0.6) is 0 Å². The first kappa shape index (κ1) is 14.1. The summed E-state index contributed by atoms with van der Waals surface area (Å²) in [6.45, 7) is 15.0. The lowest BCUT2D eigenvalue weighted by Gasteiger charge is -2.38. The van der Waals surface area contributed by atoms with Crippen LogP contribution in [0.2, 0.25) is 18.1 Å². The predicted molar refractivity (Wildman–Crippen MR) is 64.0 cm³/mol. The van der Waals surface area contributed by atoms with Gasteiger partial charge < -0.3 is 9.53 Å². The maximum absolute atomic E-state index is 9.26. The maximum Gasteiger partial charge on any atom is 0.192 e. The summed E-state index contributed by atoms with van der Waals surface area (Å²) in [5.41, 5.74) is 0. The summed E-state index contributed by atoms with van der Waals surface area (Å²) in [6.07, 6.45) is 0.623. The van der Waals surface area contributed by atoms with E-state index in [0.29, 0.717) is 0 Å².